The van der Waals surface area contributed by atoms with E-state index >= 15 is 0 Å². The highest BCUT2D eigenvalue weighted by Gasteiger charge is 2.32. The highest BCUT2D eigenvalue weighted by Crippen LogP contribution is 2.17. The number of aliphatic carboxylic acids is 2. The molecule has 0 aromatic heterocycles. The molecule has 0 fully saturated rings. The van der Waals surface area contributed by atoms with Gasteiger partial charge in [-0.05, 0) is 12.8 Å². The molecule has 0 spiro atoms. The summed E-state index contributed by atoms with van der Waals surface area (Å²) in [6, 6.07) is 0. The van der Waals surface area contributed by atoms with E-state index in [1.54, 1.807) is 0 Å². The van der Waals surface area contributed by atoms with Crippen molar-refractivity contribution < 1.29 is 40.2 Å². The summed E-state index contributed by atoms with van der Waals surface area (Å²) in [5, 5.41) is 53.6. The maximum Gasteiger partial charge on any atom is 0.364 e. The maximum atomic E-state index is 10.5. The van der Waals surface area contributed by atoms with Gasteiger partial charge in [-0.15, -0.1) is 0 Å². The second kappa shape index (κ2) is 31.7. The molecule has 0 atom stereocenters. The molecule has 8 nitrogen and oxygen atoms in total. The molecule has 0 heterocycles. The van der Waals surface area contributed by atoms with E-state index in [0.717, 1.165) is 38.5 Å². The number of hydrogen-bond donors (Lipinski definition) is 6. The Kier molecular flexibility index (Phi) is 32.4. The predicted octanol–water partition coefficient (Wildman–Crippen LogP) is 9.25. The Hall–Kier alpha value is -1.22. The lowest BCUT2D eigenvalue weighted by Gasteiger charge is -2.15. The molecular weight excluding hydrogens is 560 g/mol. The topological polar surface area (TPSA) is 156 Å². The number of unbranched alkanes of at least 4 members (excludes halogenated alkanes) is 26. The fourth-order valence-corrected chi connectivity index (χ4v) is 5.35. The summed E-state index contributed by atoms with van der Waals surface area (Å²) in [7, 11) is 0. The molecule has 0 saturated heterocycles. The summed E-state index contributed by atoms with van der Waals surface area (Å²) in [6.07, 6.45) is 33.9. The summed E-state index contributed by atoms with van der Waals surface area (Å²) in [4.78, 5) is 21.0. The zero-order chi connectivity index (χ0) is 33.4. The van der Waals surface area contributed by atoms with Crippen molar-refractivity contribution in [1.29, 1.82) is 0 Å². The minimum atomic E-state index is -2.54. The third kappa shape index (κ3) is 32.2. The van der Waals surface area contributed by atoms with Crippen LogP contribution in [0.25, 0.3) is 0 Å². The molecule has 0 aromatic rings. The van der Waals surface area contributed by atoms with Gasteiger partial charge in [0.2, 0.25) is 0 Å². The van der Waals surface area contributed by atoms with Crippen LogP contribution in [0.5, 0.6) is 0 Å². The highest BCUT2D eigenvalue weighted by atomic mass is 16.5. The maximum absolute atomic E-state index is 10.5. The molecule has 0 amide bonds. The summed E-state index contributed by atoms with van der Waals surface area (Å²) >= 11 is 0. The van der Waals surface area contributed by atoms with E-state index in [2.05, 4.69) is 13.8 Å². The monoisotopic (exact) mass is 633 g/mol. The van der Waals surface area contributed by atoms with E-state index in [1.165, 1.54) is 128 Å². The van der Waals surface area contributed by atoms with Crippen LogP contribution in [0.15, 0.2) is 0 Å². The molecule has 0 radical (unpaired) electrons. The van der Waals surface area contributed by atoms with Crippen LogP contribution in [-0.4, -0.2) is 54.2 Å². The second-order valence-corrected chi connectivity index (χ2v) is 12.9. The van der Waals surface area contributed by atoms with Crippen molar-refractivity contribution >= 4 is 11.9 Å². The molecule has 0 bridgehead atoms. The van der Waals surface area contributed by atoms with Crippen LogP contribution in [0.4, 0.5) is 0 Å². The number of rotatable bonds is 32. The molecule has 0 unspecified atom stereocenters. The SMILES string of the molecule is CCCCCCCCCCCCCCCCC(O)(O)C(=O)O.CCCCCCCCCCCCCCCCC(O)(O)C(=O)O. The smallest absolute Gasteiger partial charge is 0.364 e. The van der Waals surface area contributed by atoms with Crippen molar-refractivity contribution in [2.45, 2.75) is 218 Å². The first kappa shape index (κ1) is 44.9. The molecule has 0 aliphatic carbocycles. The van der Waals surface area contributed by atoms with Crippen LogP contribution in [0.2, 0.25) is 0 Å². The fourth-order valence-electron chi connectivity index (χ4n) is 5.35. The third-order valence-corrected chi connectivity index (χ3v) is 8.44. The van der Waals surface area contributed by atoms with Gasteiger partial charge in [0.15, 0.2) is 0 Å². The van der Waals surface area contributed by atoms with E-state index in [0.29, 0.717) is 12.8 Å². The molecule has 0 aliphatic heterocycles. The van der Waals surface area contributed by atoms with E-state index in [-0.39, 0.29) is 12.8 Å². The average Bonchev–Trinajstić information content (AvgIpc) is 2.97. The Morgan fingerprint density at radius 2 is 0.500 bits per heavy atom. The Morgan fingerprint density at radius 3 is 0.659 bits per heavy atom. The quantitative estimate of drug-likeness (QED) is 0.0317. The van der Waals surface area contributed by atoms with Crippen LogP contribution < -0.4 is 0 Å². The van der Waals surface area contributed by atoms with Crippen molar-refractivity contribution in [2.75, 3.05) is 0 Å². The highest BCUT2D eigenvalue weighted by molar-refractivity contribution is 5.75. The van der Waals surface area contributed by atoms with Gasteiger partial charge in [0.1, 0.15) is 0 Å². The molecular formula is C36H72O8. The number of carboxylic acids is 2. The summed E-state index contributed by atoms with van der Waals surface area (Å²) in [5.74, 6) is -8.20. The Morgan fingerprint density at radius 1 is 0.341 bits per heavy atom. The van der Waals surface area contributed by atoms with Gasteiger partial charge in [0.05, 0.1) is 0 Å². The van der Waals surface area contributed by atoms with Crippen molar-refractivity contribution in [3.63, 3.8) is 0 Å². The van der Waals surface area contributed by atoms with Crippen molar-refractivity contribution in [3.8, 4) is 0 Å². The minimum Gasteiger partial charge on any atom is -0.477 e. The summed E-state index contributed by atoms with van der Waals surface area (Å²) < 4.78 is 0. The van der Waals surface area contributed by atoms with Crippen LogP contribution in [0.1, 0.15) is 206 Å². The molecule has 264 valence electrons. The Labute approximate surface area is 270 Å². The minimum absolute atomic E-state index is 0.0830. The van der Waals surface area contributed by atoms with Gasteiger partial charge in [-0.25, -0.2) is 9.59 Å². The van der Waals surface area contributed by atoms with Gasteiger partial charge in [-0.1, -0.05) is 181 Å². The van der Waals surface area contributed by atoms with E-state index in [4.69, 9.17) is 30.6 Å². The van der Waals surface area contributed by atoms with E-state index < -0.39 is 23.5 Å². The van der Waals surface area contributed by atoms with E-state index in [1.807, 2.05) is 0 Å². The molecule has 0 rings (SSSR count). The molecule has 6 N–H and O–H groups in total. The molecule has 0 aliphatic rings. The Balaban J connectivity index is 0. The van der Waals surface area contributed by atoms with Crippen LogP contribution >= 0.6 is 0 Å². The predicted molar refractivity (Wildman–Crippen MR) is 179 cm³/mol. The van der Waals surface area contributed by atoms with Crippen molar-refractivity contribution in [2.24, 2.45) is 0 Å². The number of carbonyl (C=O) groups is 2. The van der Waals surface area contributed by atoms with Gasteiger partial charge in [0.25, 0.3) is 11.6 Å². The first-order chi connectivity index (χ1) is 21.0. The van der Waals surface area contributed by atoms with Crippen LogP contribution in [-0.2, 0) is 9.59 Å². The molecule has 8 heteroatoms. The number of carboxylic acid groups (broad SMARTS) is 2. The lowest BCUT2D eigenvalue weighted by atomic mass is 10.0. The van der Waals surface area contributed by atoms with Crippen LogP contribution in [0, 0.1) is 0 Å². The zero-order valence-corrected chi connectivity index (χ0v) is 28.7. The first-order valence-corrected chi connectivity index (χ1v) is 18.4. The summed E-state index contributed by atoms with van der Waals surface area (Å²) in [6.45, 7) is 4.49. The molecule has 0 aromatic carbocycles. The number of hydrogen-bond acceptors (Lipinski definition) is 6. The zero-order valence-electron chi connectivity index (χ0n) is 28.7. The standard InChI is InChI=1S/2C18H36O4/c2*1-2-3-4-5-6-7-8-9-10-11-12-13-14-15-16-18(21,22)17(19)20/h2*21-22H,2-16H2,1H3,(H,19,20). The lowest BCUT2D eigenvalue weighted by Crippen LogP contribution is -2.37. The normalized spacial score (nSPS) is 11.8. The van der Waals surface area contributed by atoms with Gasteiger partial charge in [-0.2, -0.15) is 0 Å². The molecule has 0 saturated carbocycles. The summed E-state index contributed by atoms with van der Waals surface area (Å²) in [5.41, 5.74) is 0. The van der Waals surface area contributed by atoms with Crippen LogP contribution in [0.3, 0.4) is 0 Å². The lowest BCUT2D eigenvalue weighted by molar-refractivity contribution is -0.205. The third-order valence-electron chi connectivity index (χ3n) is 8.44. The van der Waals surface area contributed by atoms with E-state index in [9.17, 15) is 9.59 Å². The molecule has 44 heavy (non-hydrogen) atoms. The van der Waals surface area contributed by atoms with Gasteiger partial charge in [0, 0.05) is 12.8 Å². The van der Waals surface area contributed by atoms with Gasteiger partial charge in [-0.3, -0.25) is 0 Å². The van der Waals surface area contributed by atoms with Gasteiger partial charge >= 0.3 is 11.9 Å². The van der Waals surface area contributed by atoms with Crippen molar-refractivity contribution in [1.82, 2.24) is 0 Å². The van der Waals surface area contributed by atoms with Crippen molar-refractivity contribution in [3.05, 3.63) is 0 Å². The van der Waals surface area contributed by atoms with Gasteiger partial charge < -0.3 is 30.6 Å². The number of aliphatic hydroxyl groups is 4. The first-order valence-electron chi connectivity index (χ1n) is 18.4. The fraction of sp³-hybridized carbons (Fsp3) is 0.944. The Bertz CT molecular complexity index is 582. The second-order valence-electron chi connectivity index (χ2n) is 12.9. The largest absolute Gasteiger partial charge is 0.477 e. The average molecular weight is 633 g/mol.